The van der Waals surface area contributed by atoms with Crippen molar-refractivity contribution < 1.29 is 26.9 Å². The number of benzene rings is 1. The predicted molar refractivity (Wildman–Crippen MR) is 83.1 cm³/mol. The first-order valence-corrected chi connectivity index (χ1v) is 8.07. The fourth-order valence-electron chi connectivity index (χ4n) is 1.70. The van der Waals surface area contributed by atoms with E-state index in [0.29, 0.717) is 5.76 Å². The van der Waals surface area contributed by atoms with Gasteiger partial charge >= 0.3 is 16.3 Å². The molecule has 23 heavy (non-hydrogen) atoms. The van der Waals surface area contributed by atoms with Crippen LogP contribution in [0, 0.1) is 0 Å². The minimum absolute atomic E-state index is 0.0595. The quantitative estimate of drug-likeness (QED) is 0.691. The van der Waals surface area contributed by atoms with Gasteiger partial charge in [-0.3, -0.25) is 0 Å². The summed E-state index contributed by atoms with van der Waals surface area (Å²) < 4.78 is 34.6. The lowest BCUT2D eigenvalue weighted by atomic mass is 10.1. The Bertz CT molecular complexity index is 804. The molecule has 0 amide bonds. The summed E-state index contributed by atoms with van der Waals surface area (Å²) in [6, 6.07) is 5.71. The van der Waals surface area contributed by atoms with E-state index in [1.165, 1.54) is 12.3 Å². The molecule has 0 aliphatic heterocycles. The van der Waals surface area contributed by atoms with Crippen molar-refractivity contribution in [1.82, 2.24) is 4.72 Å². The molecule has 1 heterocycles. The summed E-state index contributed by atoms with van der Waals surface area (Å²) in [4.78, 5) is 11.4. The maximum absolute atomic E-state index is 11.4. The topological polar surface area (TPSA) is 118 Å². The Hall–Kier alpha value is -2.23. The lowest BCUT2D eigenvalue weighted by molar-refractivity contribution is 0.0697. The van der Waals surface area contributed by atoms with Crippen LogP contribution < -0.4 is 14.2 Å². The number of carbonyl (C=O) groups is 1. The van der Waals surface area contributed by atoms with Gasteiger partial charge in [0.1, 0.15) is 5.76 Å². The second kappa shape index (κ2) is 6.90. The van der Waals surface area contributed by atoms with Crippen molar-refractivity contribution in [2.24, 2.45) is 0 Å². The average Bonchev–Trinajstić information content (AvgIpc) is 3.00. The van der Waals surface area contributed by atoms with Crippen molar-refractivity contribution in [2.45, 2.75) is 6.54 Å². The van der Waals surface area contributed by atoms with Gasteiger partial charge in [-0.25, -0.2) is 4.79 Å². The number of halogens is 1. The zero-order valence-electron chi connectivity index (χ0n) is 11.9. The molecule has 2 rings (SSSR count). The molecule has 0 atom stereocenters. The molecule has 3 N–H and O–H groups in total. The van der Waals surface area contributed by atoms with Crippen molar-refractivity contribution in [3.63, 3.8) is 0 Å². The van der Waals surface area contributed by atoms with Crippen molar-refractivity contribution in [3.05, 3.63) is 46.9 Å². The number of anilines is 1. The molecule has 8 nitrogen and oxygen atoms in total. The Balaban J connectivity index is 2.32. The number of hydrogen-bond acceptors (Lipinski definition) is 6. The Morgan fingerprint density at radius 2 is 2.17 bits per heavy atom. The van der Waals surface area contributed by atoms with Crippen molar-refractivity contribution >= 4 is 33.6 Å². The SMILES string of the molecule is CNS(=O)(=O)Oc1cc(C(=O)O)c(NCc2ccco2)cc1Cl. The van der Waals surface area contributed by atoms with E-state index in [9.17, 15) is 18.3 Å². The van der Waals surface area contributed by atoms with E-state index in [0.717, 1.165) is 13.1 Å². The van der Waals surface area contributed by atoms with Crippen LogP contribution in [0.5, 0.6) is 5.75 Å². The number of aromatic carboxylic acids is 1. The van der Waals surface area contributed by atoms with E-state index in [4.69, 9.17) is 20.2 Å². The van der Waals surface area contributed by atoms with E-state index < -0.39 is 16.3 Å². The fraction of sp³-hybridized carbons (Fsp3) is 0.154. The summed E-state index contributed by atoms with van der Waals surface area (Å²) in [5.41, 5.74) is 0.00960. The second-order valence-corrected chi connectivity index (χ2v) is 6.20. The van der Waals surface area contributed by atoms with Gasteiger partial charge in [-0.2, -0.15) is 13.1 Å². The Morgan fingerprint density at radius 1 is 1.43 bits per heavy atom. The lowest BCUT2D eigenvalue weighted by Crippen LogP contribution is -2.24. The van der Waals surface area contributed by atoms with Crippen LogP contribution in [-0.4, -0.2) is 26.5 Å². The molecule has 0 aliphatic rings. The van der Waals surface area contributed by atoms with E-state index in [1.54, 1.807) is 12.1 Å². The predicted octanol–water partition coefficient (Wildman–Crippen LogP) is 2.09. The summed E-state index contributed by atoms with van der Waals surface area (Å²) in [6.07, 6.45) is 1.49. The molecule has 0 radical (unpaired) electrons. The third-order valence-electron chi connectivity index (χ3n) is 2.79. The molecule has 0 spiro atoms. The standard InChI is InChI=1S/C13H13ClN2O6S/c1-15-23(19,20)22-12-5-9(13(17)18)11(6-10(12)14)16-7-8-3-2-4-21-8/h2-6,15-16H,7H2,1H3,(H,17,18). The second-order valence-electron chi connectivity index (χ2n) is 4.31. The largest absolute Gasteiger partial charge is 0.478 e. The monoisotopic (exact) mass is 360 g/mol. The highest BCUT2D eigenvalue weighted by Crippen LogP contribution is 2.32. The molecule has 0 aliphatic carbocycles. The molecule has 1 aromatic heterocycles. The third kappa shape index (κ3) is 4.38. The van der Waals surface area contributed by atoms with Gasteiger partial charge in [0.2, 0.25) is 0 Å². The van der Waals surface area contributed by atoms with Gasteiger partial charge < -0.3 is 19.0 Å². The molecule has 0 unspecified atom stereocenters. The number of carboxylic acids is 1. The van der Waals surface area contributed by atoms with Crippen LogP contribution in [0.1, 0.15) is 16.1 Å². The number of furan rings is 1. The molecule has 1 aromatic carbocycles. The molecule has 124 valence electrons. The van der Waals surface area contributed by atoms with Gasteiger partial charge in [0, 0.05) is 13.1 Å². The number of hydrogen-bond donors (Lipinski definition) is 3. The van der Waals surface area contributed by atoms with Gasteiger partial charge in [-0.05, 0) is 18.2 Å². The molecular weight excluding hydrogens is 348 g/mol. The molecule has 10 heteroatoms. The van der Waals surface area contributed by atoms with E-state index in [2.05, 4.69) is 5.32 Å². The van der Waals surface area contributed by atoms with Crippen LogP contribution in [0.25, 0.3) is 0 Å². The van der Waals surface area contributed by atoms with Crippen LogP contribution in [-0.2, 0) is 16.8 Å². The normalized spacial score (nSPS) is 11.2. The summed E-state index contributed by atoms with van der Waals surface area (Å²) in [7, 11) is -2.91. The highest BCUT2D eigenvalue weighted by Gasteiger charge is 2.19. The Labute approximate surface area is 137 Å². The number of nitrogens with one attached hydrogen (secondary N) is 2. The Kier molecular flexibility index (Phi) is 5.14. The van der Waals surface area contributed by atoms with Crippen molar-refractivity contribution in [1.29, 1.82) is 0 Å². The van der Waals surface area contributed by atoms with Crippen LogP contribution in [0.15, 0.2) is 34.9 Å². The van der Waals surface area contributed by atoms with E-state index in [1.807, 2.05) is 4.72 Å². The summed E-state index contributed by atoms with van der Waals surface area (Å²) in [6.45, 7) is 0.235. The first-order chi connectivity index (χ1) is 10.8. The van der Waals surface area contributed by atoms with Crippen LogP contribution in [0.4, 0.5) is 5.69 Å². The van der Waals surface area contributed by atoms with Gasteiger partial charge in [-0.15, -0.1) is 0 Å². The van der Waals surface area contributed by atoms with E-state index in [-0.39, 0.29) is 28.6 Å². The van der Waals surface area contributed by atoms with Gasteiger partial charge in [0.15, 0.2) is 5.75 Å². The lowest BCUT2D eigenvalue weighted by Gasteiger charge is -2.13. The smallest absolute Gasteiger partial charge is 0.382 e. The molecule has 0 bridgehead atoms. The first-order valence-electron chi connectivity index (χ1n) is 6.28. The summed E-state index contributed by atoms with van der Waals surface area (Å²) in [5, 5.41) is 12.1. The van der Waals surface area contributed by atoms with Crippen LogP contribution >= 0.6 is 11.6 Å². The highest BCUT2D eigenvalue weighted by atomic mass is 35.5. The number of carboxylic acid groups (broad SMARTS) is 1. The van der Waals surface area contributed by atoms with Crippen LogP contribution in [0.2, 0.25) is 5.02 Å². The third-order valence-corrected chi connectivity index (χ3v) is 3.98. The van der Waals surface area contributed by atoms with E-state index >= 15 is 0 Å². The highest BCUT2D eigenvalue weighted by molar-refractivity contribution is 7.85. The minimum Gasteiger partial charge on any atom is -0.478 e. The zero-order valence-corrected chi connectivity index (χ0v) is 13.4. The van der Waals surface area contributed by atoms with Crippen LogP contribution in [0.3, 0.4) is 0 Å². The minimum atomic E-state index is -4.06. The summed E-state index contributed by atoms with van der Waals surface area (Å²) in [5.74, 6) is -0.965. The molecule has 0 saturated heterocycles. The maximum atomic E-state index is 11.4. The first kappa shape index (κ1) is 17.1. The Morgan fingerprint density at radius 3 is 2.74 bits per heavy atom. The van der Waals surface area contributed by atoms with Crippen molar-refractivity contribution in [3.8, 4) is 5.75 Å². The molecule has 0 fully saturated rings. The molecule has 2 aromatic rings. The van der Waals surface area contributed by atoms with Gasteiger partial charge in [0.05, 0.1) is 29.1 Å². The fourth-order valence-corrected chi connectivity index (χ4v) is 2.40. The summed E-state index contributed by atoms with van der Waals surface area (Å²) >= 11 is 5.96. The average molecular weight is 361 g/mol. The van der Waals surface area contributed by atoms with Gasteiger partial charge in [0.25, 0.3) is 0 Å². The molecule has 0 saturated carbocycles. The molecular formula is C13H13ClN2O6S. The zero-order chi connectivity index (χ0) is 17.0. The maximum Gasteiger partial charge on any atom is 0.382 e. The number of rotatable bonds is 7. The van der Waals surface area contributed by atoms with Gasteiger partial charge in [-0.1, -0.05) is 11.6 Å². The van der Waals surface area contributed by atoms with Crippen molar-refractivity contribution in [2.75, 3.05) is 12.4 Å².